The van der Waals surface area contributed by atoms with E-state index in [0.29, 0.717) is 0 Å². The standard InChI is InChI=1S/C35H30NP/c1-25-13-9-10-18-31(25)34-26(2)35(36-33-20-12-11-19-32(33)34)27-21-23-30(24-22-27)37(28-14-5-3-6-15-28)29-16-7-4-8-17-29/h3-24,32-33H,1-2H3. The molecule has 0 N–H and O–H groups in total. The summed E-state index contributed by atoms with van der Waals surface area (Å²) in [6.07, 6.45) is 8.85. The smallest absolute Gasteiger partial charge is 0.0794 e. The average Bonchev–Trinajstić information content (AvgIpc) is 2.95. The van der Waals surface area contributed by atoms with Crippen LogP contribution in [0.4, 0.5) is 0 Å². The number of fused-ring (bicyclic) bond motifs is 1. The predicted molar refractivity (Wildman–Crippen MR) is 161 cm³/mol. The zero-order chi connectivity index (χ0) is 25.2. The van der Waals surface area contributed by atoms with Crippen molar-refractivity contribution >= 4 is 35.1 Å². The molecule has 0 bridgehead atoms. The van der Waals surface area contributed by atoms with E-state index in [1.54, 1.807) is 0 Å². The minimum Gasteiger partial charge on any atom is -0.276 e. The molecule has 6 rings (SSSR count). The largest absolute Gasteiger partial charge is 0.276 e. The third-order valence-electron chi connectivity index (χ3n) is 7.34. The number of rotatable bonds is 5. The highest BCUT2D eigenvalue weighted by Gasteiger charge is 2.31. The lowest BCUT2D eigenvalue weighted by Gasteiger charge is -2.32. The van der Waals surface area contributed by atoms with Gasteiger partial charge in [-0.1, -0.05) is 133 Å². The summed E-state index contributed by atoms with van der Waals surface area (Å²) in [4.78, 5) is 5.28. The van der Waals surface area contributed by atoms with Crippen LogP contribution in [0, 0.1) is 12.8 Å². The van der Waals surface area contributed by atoms with Gasteiger partial charge in [0.15, 0.2) is 0 Å². The van der Waals surface area contributed by atoms with E-state index in [4.69, 9.17) is 4.99 Å². The predicted octanol–water partition coefficient (Wildman–Crippen LogP) is 7.14. The van der Waals surface area contributed by atoms with Gasteiger partial charge in [0.25, 0.3) is 0 Å². The molecule has 0 fully saturated rings. The van der Waals surface area contributed by atoms with Gasteiger partial charge in [0.1, 0.15) is 0 Å². The Kier molecular flexibility index (Phi) is 6.56. The number of dihydropyridines is 1. The Labute approximate surface area is 221 Å². The zero-order valence-electron chi connectivity index (χ0n) is 21.3. The lowest BCUT2D eigenvalue weighted by atomic mass is 9.77. The maximum absolute atomic E-state index is 5.28. The van der Waals surface area contributed by atoms with Gasteiger partial charge in [0.2, 0.25) is 0 Å². The lowest BCUT2D eigenvalue weighted by Crippen LogP contribution is -2.27. The van der Waals surface area contributed by atoms with Crippen LogP contribution in [0.5, 0.6) is 0 Å². The summed E-state index contributed by atoms with van der Waals surface area (Å²) in [5, 5.41) is 4.09. The maximum atomic E-state index is 5.28. The van der Waals surface area contributed by atoms with Crippen LogP contribution in [0.2, 0.25) is 0 Å². The minimum absolute atomic E-state index is 0.128. The second-order valence-electron chi connectivity index (χ2n) is 9.67. The summed E-state index contributed by atoms with van der Waals surface area (Å²) in [6, 6.07) is 39.8. The van der Waals surface area contributed by atoms with Crippen LogP contribution in [0.25, 0.3) is 5.57 Å². The van der Waals surface area contributed by atoms with Gasteiger partial charge >= 0.3 is 0 Å². The van der Waals surface area contributed by atoms with E-state index in [-0.39, 0.29) is 12.0 Å². The van der Waals surface area contributed by atoms with Gasteiger partial charge in [0, 0.05) is 11.5 Å². The Hall–Kier alpha value is -3.80. The van der Waals surface area contributed by atoms with Crippen molar-refractivity contribution in [1.29, 1.82) is 0 Å². The molecule has 4 aromatic carbocycles. The molecule has 4 aromatic rings. The molecule has 2 heteroatoms. The molecule has 2 unspecified atom stereocenters. The molecule has 2 atom stereocenters. The molecule has 0 aromatic heterocycles. The van der Waals surface area contributed by atoms with Crippen molar-refractivity contribution in [1.82, 2.24) is 0 Å². The number of allylic oxidation sites excluding steroid dienone is 3. The molecule has 0 radical (unpaired) electrons. The van der Waals surface area contributed by atoms with Crippen molar-refractivity contribution in [3.8, 4) is 0 Å². The molecule has 1 heterocycles. The van der Waals surface area contributed by atoms with E-state index in [1.165, 1.54) is 43.8 Å². The summed E-state index contributed by atoms with van der Waals surface area (Å²) in [6.45, 7) is 4.46. The third kappa shape index (κ3) is 4.57. The number of hydrogen-bond donors (Lipinski definition) is 0. The first-order chi connectivity index (χ1) is 18.2. The summed E-state index contributed by atoms with van der Waals surface area (Å²) in [7, 11) is -0.621. The van der Waals surface area contributed by atoms with E-state index < -0.39 is 7.92 Å². The average molecular weight is 496 g/mol. The topological polar surface area (TPSA) is 12.4 Å². The number of hydrogen-bond acceptors (Lipinski definition) is 1. The van der Waals surface area contributed by atoms with Crippen molar-refractivity contribution in [2.45, 2.75) is 19.9 Å². The Morgan fingerprint density at radius 2 is 1.16 bits per heavy atom. The van der Waals surface area contributed by atoms with Crippen LogP contribution < -0.4 is 15.9 Å². The fourth-order valence-electron chi connectivity index (χ4n) is 5.53. The normalized spacial score (nSPS) is 18.6. The third-order valence-corrected chi connectivity index (χ3v) is 9.78. The summed E-state index contributed by atoms with van der Waals surface area (Å²) >= 11 is 0. The van der Waals surface area contributed by atoms with Crippen LogP contribution in [0.3, 0.4) is 0 Å². The molecule has 1 nitrogen and oxygen atoms in total. The van der Waals surface area contributed by atoms with E-state index in [0.717, 1.165) is 5.71 Å². The summed E-state index contributed by atoms with van der Waals surface area (Å²) in [5.41, 5.74) is 7.60. The first kappa shape index (κ1) is 23.6. The Morgan fingerprint density at radius 3 is 1.81 bits per heavy atom. The quantitative estimate of drug-likeness (QED) is 0.261. The molecular weight excluding hydrogens is 465 g/mol. The van der Waals surface area contributed by atoms with Gasteiger partial charge in [-0.2, -0.15) is 0 Å². The van der Waals surface area contributed by atoms with E-state index in [9.17, 15) is 0 Å². The lowest BCUT2D eigenvalue weighted by molar-refractivity contribution is 0.691. The summed E-state index contributed by atoms with van der Waals surface area (Å²) < 4.78 is 0. The first-order valence-electron chi connectivity index (χ1n) is 12.9. The minimum atomic E-state index is -0.621. The number of aliphatic imine (C=N–C) groups is 1. The fraction of sp³-hybridized carbons (Fsp3) is 0.114. The summed E-state index contributed by atoms with van der Waals surface area (Å²) in [5.74, 6) is 0.276. The highest BCUT2D eigenvalue weighted by molar-refractivity contribution is 7.79. The van der Waals surface area contributed by atoms with Crippen molar-refractivity contribution in [3.05, 3.63) is 156 Å². The van der Waals surface area contributed by atoms with Crippen molar-refractivity contribution in [3.63, 3.8) is 0 Å². The highest BCUT2D eigenvalue weighted by atomic mass is 31.1. The van der Waals surface area contributed by atoms with Crippen molar-refractivity contribution in [2.75, 3.05) is 0 Å². The second kappa shape index (κ2) is 10.3. The molecule has 1 aliphatic heterocycles. The van der Waals surface area contributed by atoms with Gasteiger partial charge in [-0.05, 0) is 60.0 Å². The molecule has 0 saturated carbocycles. The van der Waals surface area contributed by atoms with E-state index in [1.807, 2.05) is 0 Å². The van der Waals surface area contributed by atoms with Crippen LogP contribution >= 0.6 is 7.92 Å². The zero-order valence-corrected chi connectivity index (χ0v) is 22.1. The number of nitrogens with zero attached hydrogens (tertiary/aromatic N) is 1. The maximum Gasteiger partial charge on any atom is 0.0794 e. The van der Waals surface area contributed by atoms with Gasteiger partial charge in [-0.25, -0.2) is 0 Å². The van der Waals surface area contributed by atoms with Gasteiger partial charge in [-0.15, -0.1) is 0 Å². The molecule has 0 amide bonds. The van der Waals surface area contributed by atoms with Gasteiger partial charge in [-0.3, -0.25) is 4.99 Å². The fourth-order valence-corrected chi connectivity index (χ4v) is 7.81. The van der Waals surface area contributed by atoms with Crippen molar-refractivity contribution < 1.29 is 0 Å². The molecular formula is C35H30NP. The first-order valence-corrected chi connectivity index (χ1v) is 14.3. The SMILES string of the molecule is CC1=C(c2ccccc2C)C2C=CC=CC2N=C1c1ccc(P(c2ccccc2)c2ccccc2)cc1. The van der Waals surface area contributed by atoms with E-state index in [2.05, 4.69) is 147 Å². The molecule has 0 saturated heterocycles. The molecule has 0 spiro atoms. The second-order valence-corrected chi connectivity index (χ2v) is 11.9. The van der Waals surface area contributed by atoms with Crippen LogP contribution in [0.1, 0.15) is 23.6 Å². The number of benzene rings is 4. The monoisotopic (exact) mass is 495 g/mol. The molecule has 37 heavy (non-hydrogen) atoms. The van der Waals surface area contributed by atoms with Crippen LogP contribution in [-0.4, -0.2) is 11.8 Å². The van der Waals surface area contributed by atoms with Crippen molar-refractivity contribution in [2.24, 2.45) is 10.9 Å². The molecule has 2 aliphatic rings. The van der Waals surface area contributed by atoms with Crippen LogP contribution in [0.15, 0.2) is 144 Å². The van der Waals surface area contributed by atoms with Crippen LogP contribution in [-0.2, 0) is 0 Å². The molecule has 180 valence electrons. The Bertz CT molecular complexity index is 1490. The van der Waals surface area contributed by atoms with Gasteiger partial charge < -0.3 is 0 Å². The Balaban J connectivity index is 1.43. The van der Waals surface area contributed by atoms with E-state index >= 15 is 0 Å². The molecule has 1 aliphatic carbocycles. The number of aryl methyl sites for hydroxylation is 1. The highest BCUT2D eigenvalue weighted by Crippen LogP contribution is 2.40. The Morgan fingerprint density at radius 1 is 0.595 bits per heavy atom. The van der Waals surface area contributed by atoms with Gasteiger partial charge in [0.05, 0.1) is 11.8 Å².